The van der Waals surface area contributed by atoms with Crippen LogP contribution >= 0.6 is 0 Å². The summed E-state index contributed by atoms with van der Waals surface area (Å²) in [5, 5.41) is 5.69. The summed E-state index contributed by atoms with van der Waals surface area (Å²) in [4.78, 5) is 64.2. The van der Waals surface area contributed by atoms with Crippen LogP contribution in [0.2, 0.25) is 0 Å². The van der Waals surface area contributed by atoms with Gasteiger partial charge in [0, 0.05) is 32.4 Å². The van der Waals surface area contributed by atoms with E-state index in [4.69, 9.17) is 4.74 Å². The number of benzene rings is 1. The van der Waals surface area contributed by atoms with Gasteiger partial charge in [0.05, 0.1) is 22.9 Å². The highest BCUT2D eigenvalue weighted by Crippen LogP contribution is 2.46. The monoisotopic (exact) mass is 553 g/mol. The second-order valence-electron chi connectivity index (χ2n) is 10.6. The lowest BCUT2D eigenvalue weighted by atomic mass is 9.87. The Morgan fingerprint density at radius 2 is 1.62 bits per heavy atom. The van der Waals surface area contributed by atoms with Crippen molar-refractivity contribution in [3.05, 3.63) is 34.9 Å². The lowest BCUT2D eigenvalue weighted by Gasteiger charge is -2.32. The molecule has 1 aliphatic carbocycles. The molecule has 9 heteroatoms. The molecule has 1 unspecified atom stereocenters. The number of ketones is 2. The zero-order valence-electron chi connectivity index (χ0n) is 24.1. The molecule has 1 fully saturated rings. The minimum Gasteiger partial charge on any atom is -0.483 e. The summed E-state index contributed by atoms with van der Waals surface area (Å²) in [6.07, 6.45) is 7.22. The largest absolute Gasteiger partial charge is 0.483 e. The number of allylic oxidation sites excluding steroid dienone is 1. The summed E-state index contributed by atoms with van der Waals surface area (Å²) < 4.78 is 5.94. The van der Waals surface area contributed by atoms with Gasteiger partial charge in [0.1, 0.15) is 11.5 Å². The van der Waals surface area contributed by atoms with Gasteiger partial charge in [-0.3, -0.25) is 28.9 Å². The molecule has 0 aromatic heterocycles. The van der Waals surface area contributed by atoms with Crippen molar-refractivity contribution in [2.75, 3.05) is 19.7 Å². The van der Waals surface area contributed by atoms with Gasteiger partial charge >= 0.3 is 0 Å². The first-order valence-electron chi connectivity index (χ1n) is 14.7. The van der Waals surface area contributed by atoms with E-state index in [2.05, 4.69) is 10.6 Å². The van der Waals surface area contributed by atoms with E-state index < -0.39 is 6.04 Å². The van der Waals surface area contributed by atoms with Crippen LogP contribution in [-0.2, 0) is 19.2 Å². The number of hydrogen-bond donors (Lipinski definition) is 2. The van der Waals surface area contributed by atoms with Crippen LogP contribution < -0.4 is 15.4 Å². The number of carbonyl (C=O) groups is 5. The van der Waals surface area contributed by atoms with Gasteiger partial charge in [0.15, 0.2) is 12.4 Å². The molecule has 3 rings (SSSR count). The number of Topliss-reactive ketones (excluding diaryl/α,β-unsaturated/α-hetero) is 2. The lowest BCUT2D eigenvalue weighted by Crippen LogP contribution is -2.41. The van der Waals surface area contributed by atoms with Gasteiger partial charge in [-0.05, 0) is 76.0 Å². The Morgan fingerprint density at radius 3 is 2.23 bits per heavy atom. The molecule has 1 saturated carbocycles. The van der Waals surface area contributed by atoms with E-state index >= 15 is 0 Å². The highest BCUT2D eigenvalue weighted by atomic mass is 16.5. The van der Waals surface area contributed by atoms with Gasteiger partial charge in [-0.15, -0.1) is 0 Å². The number of amides is 3. The van der Waals surface area contributed by atoms with E-state index in [1.165, 1.54) is 6.92 Å². The van der Waals surface area contributed by atoms with Crippen LogP contribution in [0.4, 0.5) is 0 Å². The van der Waals surface area contributed by atoms with Gasteiger partial charge in [0.2, 0.25) is 5.91 Å². The molecule has 218 valence electrons. The van der Waals surface area contributed by atoms with Crippen molar-refractivity contribution in [2.45, 2.75) is 97.4 Å². The molecule has 1 aromatic rings. The molecular weight excluding hydrogens is 510 g/mol. The summed E-state index contributed by atoms with van der Waals surface area (Å²) >= 11 is 0. The molecule has 0 spiro atoms. The van der Waals surface area contributed by atoms with Gasteiger partial charge in [-0.2, -0.15) is 0 Å². The molecule has 1 heterocycles. The zero-order valence-corrected chi connectivity index (χ0v) is 24.1. The van der Waals surface area contributed by atoms with Crippen LogP contribution in [0.25, 0.3) is 5.70 Å². The highest BCUT2D eigenvalue weighted by molar-refractivity contribution is 6.13. The van der Waals surface area contributed by atoms with Crippen molar-refractivity contribution in [3.63, 3.8) is 0 Å². The van der Waals surface area contributed by atoms with Crippen molar-refractivity contribution in [3.8, 4) is 5.75 Å². The summed E-state index contributed by atoms with van der Waals surface area (Å²) in [7, 11) is 0. The van der Waals surface area contributed by atoms with Crippen LogP contribution in [0.15, 0.2) is 23.8 Å². The van der Waals surface area contributed by atoms with Gasteiger partial charge < -0.3 is 15.4 Å². The number of hydrogen-bond acceptors (Lipinski definition) is 6. The fourth-order valence-corrected chi connectivity index (χ4v) is 5.09. The molecule has 0 saturated heterocycles. The summed E-state index contributed by atoms with van der Waals surface area (Å²) in [6.45, 7) is 6.21. The smallest absolute Gasteiger partial charge is 0.259 e. The third kappa shape index (κ3) is 8.02. The first kappa shape index (κ1) is 31.0. The first-order chi connectivity index (χ1) is 19.3. The third-order valence-electron chi connectivity index (χ3n) is 7.34. The molecule has 0 bridgehead atoms. The van der Waals surface area contributed by atoms with E-state index in [1.807, 2.05) is 13.8 Å². The van der Waals surface area contributed by atoms with E-state index in [1.54, 1.807) is 23.1 Å². The Bertz CT molecular complexity index is 1140. The molecule has 0 radical (unpaired) electrons. The molecular formula is C31H43N3O6. The molecule has 2 N–H and O–H groups in total. The van der Waals surface area contributed by atoms with Crippen LogP contribution in [0.5, 0.6) is 5.75 Å². The van der Waals surface area contributed by atoms with Gasteiger partial charge in [-0.1, -0.05) is 19.9 Å². The predicted molar refractivity (Wildman–Crippen MR) is 153 cm³/mol. The van der Waals surface area contributed by atoms with Crippen LogP contribution in [0.3, 0.4) is 0 Å². The van der Waals surface area contributed by atoms with Crippen molar-refractivity contribution in [1.29, 1.82) is 0 Å². The summed E-state index contributed by atoms with van der Waals surface area (Å²) in [6, 6.07) is 4.46. The fraction of sp³-hybridized carbons (Fsp3) is 0.581. The molecule has 2 aliphatic rings. The maximum atomic E-state index is 13.7. The number of unbranched alkanes of at least 4 members (excludes halogenated alkanes) is 1. The Labute approximate surface area is 237 Å². The Hall–Kier alpha value is -3.49. The molecule has 1 aromatic carbocycles. The van der Waals surface area contributed by atoms with E-state index in [-0.39, 0.29) is 48.7 Å². The Morgan fingerprint density at radius 1 is 0.950 bits per heavy atom. The number of nitrogens with one attached hydrogen (secondary N) is 2. The molecule has 9 nitrogen and oxygen atoms in total. The van der Waals surface area contributed by atoms with Crippen molar-refractivity contribution in [2.24, 2.45) is 0 Å². The normalized spacial score (nSPS) is 14.9. The Balaban J connectivity index is 1.67. The number of ether oxygens (including phenoxy) is 1. The summed E-state index contributed by atoms with van der Waals surface area (Å²) in [5.41, 5.74) is 2.87. The van der Waals surface area contributed by atoms with Crippen LogP contribution in [0.1, 0.15) is 107 Å². The first-order valence-corrected chi connectivity index (χ1v) is 14.7. The van der Waals surface area contributed by atoms with Crippen molar-refractivity contribution >= 4 is 35.0 Å². The van der Waals surface area contributed by atoms with E-state index in [0.717, 1.165) is 50.5 Å². The second-order valence-corrected chi connectivity index (χ2v) is 10.6. The highest BCUT2D eigenvalue weighted by Gasteiger charge is 2.42. The Kier molecular flexibility index (Phi) is 11.9. The van der Waals surface area contributed by atoms with E-state index in [0.29, 0.717) is 48.5 Å². The number of fused-ring (bicyclic) bond motifs is 1. The minimum atomic E-state index is -0.730. The molecule has 1 atom stereocenters. The van der Waals surface area contributed by atoms with Crippen LogP contribution in [0, 0.1) is 0 Å². The molecule has 3 amide bonds. The molecule has 1 aliphatic heterocycles. The fourth-order valence-electron chi connectivity index (χ4n) is 5.09. The number of nitrogens with zero attached hydrogens (tertiary/aromatic N) is 1. The average molecular weight is 554 g/mol. The number of rotatable bonds is 17. The van der Waals surface area contributed by atoms with Crippen molar-refractivity contribution < 1.29 is 28.7 Å². The second kappa shape index (κ2) is 15.3. The van der Waals surface area contributed by atoms with Gasteiger partial charge in [0.25, 0.3) is 11.8 Å². The number of carbonyl (C=O) groups excluding carboxylic acids is 5. The SMILES string of the molecule is CCCC(=O)CCC(C(C)=O)N1C(=O)c2cccc(OCC(=O)NCCCCNC(=O)CCC)c2C1=C1CCC1. The predicted octanol–water partition coefficient (Wildman–Crippen LogP) is 4.34. The summed E-state index contributed by atoms with van der Waals surface area (Å²) in [5.74, 6) is -0.137. The van der Waals surface area contributed by atoms with Crippen molar-refractivity contribution in [1.82, 2.24) is 15.5 Å². The maximum Gasteiger partial charge on any atom is 0.259 e. The average Bonchev–Trinajstić information content (AvgIpc) is 3.16. The minimum absolute atomic E-state index is 0.0446. The van der Waals surface area contributed by atoms with Crippen LogP contribution in [-0.4, -0.2) is 59.9 Å². The third-order valence-corrected chi connectivity index (χ3v) is 7.34. The maximum absolute atomic E-state index is 13.7. The zero-order chi connectivity index (χ0) is 29.1. The standard InChI is InChI=1S/C31H43N3O6/c1-4-10-23(36)16-17-25(21(3)35)34-30(22-12-8-13-22)29-24(31(34)39)14-9-15-26(29)40-20-28(38)33-19-7-6-18-32-27(37)11-5-2/h9,14-15,25H,4-8,10-13,16-20H2,1-3H3,(H,32,37)(H,33,38). The van der Waals surface area contributed by atoms with E-state index in [9.17, 15) is 24.0 Å². The lowest BCUT2D eigenvalue weighted by molar-refractivity contribution is -0.123. The quantitative estimate of drug-likeness (QED) is 0.277. The molecule has 40 heavy (non-hydrogen) atoms. The topological polar surface area (TPSA) is 122 Å². The van der Waals surface area contributed by atoms with Gasteiger partial charge in [-0.25, -0.2) is 0 Å².